The van der Waals surface area contributed by atoms with Crippen molar-refractivity contribution in [1.82, 2.24) is 4.31 Å². The molecular formula is C15H13NOS. The Morgan fingerprint density at radius 3 is 2.56 bits per heavy atom. The predicted octanol–water partition coefficient (Wildman–Crippen LogP) is 3.28. The van der Waals surface area contributed by atoms with E-state index in [0.29, 0.717) is 13.0 Å². The summed E-state index contributed by atoms with van der Waals surface area (Å²) in [6, 6.07) is 18.2. The quantitative estimate of drug-likeness (QED) is 0.768. The minimum absolute atomic E-state index is 0.183. The van der Waals surface area contributed by atoms with Gasteiger partial charge in [-0.15, -0.1) is 0 Å². The lowest BCUT2D eigenvalue weighted by Crippen LogP contribution is -2.29. The SMILES string of the molecule is O=C1Cc2ccccc2SN1Cc1ccccc1. The Balaban J connectivity index is 1.81. The molecule has 0 spiro atoms. The molecule has 0 unspecified atom stereocenters. The second-order valence-corrected chi connectivity index (χ2v) is 5.35. The molecule has 2 aromatic rings. The Hall–Kier alpha value is -1.74. The van der Waals surface area contributed by atoms with Gasteiger partial charge in [-0.1, -0.05) is 48.5 Å². The first-order valence-electron chi connectivity index (χ1n) is 5.93. The average molecular weight is 255 g/mol. The molecule has 0 aliphatic carbocycles. The Bertz CT molecular complexity index is 568. The lowest BCUT2D eigenvalue weighted by atomic mass is 10.1. The van der Waals surface area contributed by atoms with Crippen LogP contribution in [0.25, 0.3) is 0 Å². The molecule has 0 radical (unpaired) electrons. The molecule has 0 bridgehead atoms. The molecule has 0 aromatic heterocycles. The van der Waals surface area contributed by atoms with Gasteiger partial charge in [0.1, 0.15) is 0 Å². The van der Waals surface area contributed by atoms with E-state index in [4.69, 9.17) is 0 Å². The summed E-state index contributed by atoms with van der Waals surface area (Å²) in [5, 5.41) is 0. The van der Waals surface area contributed by atoms with Crippen LogP contribution < -0.4 is 0 Å². The summed E-state index contributed by atoms with van der Waals surface area (Å²) in [5.41, 5.74) is 2.30. The number of carbonyl (C=O) groups is 1. The highest BCUT2D eigenvalue weighted by atomic mass is 32.2. The monoisotopic (exact) mass is 255 g/mol. The van der Waals surface area contributed by atoms with Gasteiger partial charge in [-0.25, -0.2) is 0 Å². The third kappa shape index (κ3) is 2.27. The first kappa shape index (κ1) is 11.4. The molecule has 0 fully saturated rings. The summed E-state index contributed by atoms with van der Waals surface area (Å²) < 4.78 is 1.84. The zero-order chi connectivity index (χ0) is 12.4. The molecule has 0 atom stereocenters. The molecule has 1 heterocycles. The van der Waals surface area contributed by atoms with Crippen molar-refractivity contribution >= 4 is 17.9 Å². The molecule has 1 aliphatic rings. The number of nitrogens with zero attached hydrogens (tertiary/aromatic N) is 1. The van der Waals surface area contributed by atoms with Crippen LogP contribution in [0, 0.1) is 0 Å². The van der Waals surface area contributed by atoms with Crippen molar-refractivity contribution in [3.8, 4) is 0 Å². The number of hydrogen-bond donors (Lipinski definition) is 0. The van der Waals surface area contributed by atoms with E-state index < -0.39 is 0 Å². The summed E-state index contributed by atoms with van der Waals surface area (Å²) in [6.45, 7) is 0.665. The van der Waals surface area contributed by atoms with Gasteiger partial charge in [0, 0.05) is 4.90 Å². The lowest BCUT2D eigenvalue weighted by molar-refractivity contribution is -0.126. The maximum atomic E-state index is 12.1. The fourth-order valence-electron chi connectivity index (χ4n) is 2.03. The largest absolute Gasteiger partial charge is 0.277 e. The maximum Gasteiger partial charge on any atom is 0.237 e. The molecule has 2 nitrogen and oxygen atoms in total. The van der Waals surface area contributed by atoms with Gasteiger partial charge >= 0.3 is 0 Å². The highest BCUT2D eigenvalue weighted by molar-refractivity contribution is 7.97. The van der Waals surface area contributed by atoms with Gasteiger partial charge in [0.2, 0.25) is 5.91 Å². The van der Waals surface area contributed by atoms with Crippen LogP contribution in [0.2, 0.25) is 0 Å². The first-order valence-corrected chi connectivity index (χ1v) is 6.70. The van der Waals surface area contributed by atoms with Crippen LogP contribution in [0.5, 0.6) is 0 Å². The van der Waals surface area contributed by atoms with Crippen molar-refractivity contribution in [2.45, 2.75) is 17.9 Å². The molecule has 1 aliphatic heterocycles. The standard InChI is InChI=1S/C15H13NOS/c17-15-10-13-8-4-5-9-14(13)18-16(15)11-12-6-2-1-3-7-12/h1-9H,10-11H2. The lowest BCUT2D eigenvalue weighted by Gasteiger charge is -2.27. The molecule has 2 aromatic carbocycles. The zero-order valence-electron chi connectivity index (χ0n) is 9.87. The molecular weight excluding hydrogens is 242 g/mol. The number of rotatable bonds is 2. The molecule has 3 heteroatoms. The third-order valence-electron chi connectivity index (χ3n) is 2.97. The van der Waals surface area contributed by atoms with E-state index in [0.717, 1.165) is 11.1 Å². The molecule has 18 heavy (non-hydrogen) atoms. The number of hydrogen-bond acceptors (Lipinski definition) is 2. The predicted molar refractivity (Wildman–Crippen MR) is 73.0 cm³/mol. The molecule has 0 saturated heterocycles. The van der Waals surface area contributed by atoms with Crippen molar-refractivity contribution in [3.05, 3.63) is 65.7 Å². The van der Waals surface area contributed by atoms with E-state index in [1.807, 2.05) is 52.8 Å². The topological polar surface area (TPSA) is 20.3 Å². The molecule has 3 rings (SSSR count). The van der Waals surface area contributed by atoms with Crippen molar-refractivity contribution in [3.63, 3.8) is 0 Å². The second kappa shape index (κ2) is 4.86. The highest BCUT2D eigenvalue weighted by Gasteiger charge is 2.23. The van der Waals surface area contributed by atoms with Gasteiger partial charge < -0.3 is 0 Å². The van der Waals surface area contributed by atoms with Gasteiger partial charge in [0.15, 0.2) is 0 Å². The Morgan fingerprint density at radius 2 is 1.72 bits per heavy atom. The van der Waals surface area contributed by atoms with Crippen molar-refractivity contribution in [2.75, 3.05) is 0 Å². The van der Waals surface area contributed by atoms with E-state index in [2.05, 4.69) is 6.07 Å². The van der Waals surface area contributed by atoms with E-state index in [-0.39, 0.29) is 5.91 Å². The number of amides is 1. The van der Waals surface area contributed by atoms with Crippen LogP contribution in [0.1, 0.15) is 11.1 Å². The summed E-state index contributed by atoms with van der Waals surface area (Å²) >= 11 is 1.54. The third-order valence-corrected chi connectivity index (χ3v) is 4.12. The maximum absolute atomic E-state index is 12.1. The van der Waals surface area contributed by atoms with Crippen molar-refractivity contribution < 1.29 is 4.79 Å². The van der Waals surface area contributed by atoms with Crippen molar-refractivity contribution in [2.24, 2.45) is 0 Å². The van der Waals surface area contributed by atoms with Crippen LogP contribution >= 0.6 is 11.9 Å². The molecule has 1 amide bonds. The fourth-order valence-corrected chi connectivity index (χ4v) is 3.04. The Morgan fingerprint density at radius 1 is 1.00 bits per heavy atom. The fraction of sp³-hybridized carbons (Fsp3) is 0.133. The summed E-state index contributed by atoms with van der Waals surface area (Å²) in [5.74, 6) is 0.183. The Kier molecular flexibility index (Phi) is 3.07. The van der Waals surface area contributed by atoms with Crippen LogP contribution in [0.4, 0.5) is 0 Å². The first-order chi connectivity index (χ1) is 8.83. The van der Waals surface area contributed by atoms with Crippen LogP contribution in [-0.2, 0) is 17.8 Å². The van der Waals surface area contributed by atoms with Gasteiger partial charge in [-0.2, -0.15) is 0 Å². The van der Waals surface area contributed by atoms with Crippen LogP contribution in [0.15, 0.2) is 59.5 Å². The van der Waals surface area contributed by atoms with Crippen molar-refractivity contribution in [1.29, 1.82) is 0 Å². The van der Waals surface area contributed by atoms with E-state index >= 15 is 0 Å². The van der Waals surface area contributed by atoms with Gasteiger partial charge in [-0.05, 0) is 29.1 Å². The van der Waals surface area contributed by atoms with E-state index in [9.17, 15) is 4.79 Å². The highest BCUT2D eigenvalue weighted by Crippen LogP contribution is 2.33. The number of benzene rings is 2. The number of carbonyl (C=O) groups excluding carboxylic acids is 1. The summed E-state index contributed by atoms with van der Waals surface area (Å²) in [6.07, 6.45) is 0.510. The number of fused-ring (bicyclic) bond motifs is 1. The average Bonchev–Trinajstić information content (AvgIpc) is 2.41. The smallest absolute Gasteiger partial charge is 0.237 e. The summed E-state index contributed by atoms with van der Waals surface area (Å²) in [7, 11) is 0. The van der Waals surface area contributed by atoms with Gasteiger partial charge in [0.05, 0.1) is 13.0 Å². The van der Waals surface area contributed by atoms with E-state index in [1.165, 1.54) is 4.90 Å². The van der Waals surface area contributed by atoms with E-state index in [1.54, 1.807) is 11.9 Å². The van der Waals surface area contributed by atoms with Crippen LogP contribution in [-0.4, -0.2) is 10.2 Å². The minimum Gasteiger partial charge on any atom is -0.277 e. The Labute approximate surface area is 111 Å². The molecule has 0 N–H and O–H groups in total. The second-order valence-electron chi connectivity index (χ2n) is 4.29. The molecule has 90 valence electrons. The van der Waals surface area contributed by atoms with Gasteiger partial charge in [0.25, 0.3) is 0 Å². The summed E-state index contributed by atoms with van der Waals surface area (Å²) in [4.78, 5) is 13.3. The minimum atomic E-state index is 0.183. The zero-order valence-corrected chi connectivity index (χ0v) is 10.7. The van der Waals surface area contributed by atoms with Crippen LogP contribution in [0.3, 0.4) is 0 Å². The van der Waals surface area contributed by atoms with Gasteiger partial charge in [-0.3, -0.25) is 9.10 Å². The normalized spacial score (nSPS) is 14.4. The molecule has 0 saturated carbocycles.